The fourth-order valence-corrected chi connectivity index (χ4v) is 3.30. The van der Waals surface area contributed by atoms with Crippen LogP contribution in [0.1, 0.15) is 23.0 Å². The van der Waals surface area contributed by atoms with Gasteiger partial charge in [0.2, 0.25) is 5.89 Å². The van der Waals surface area contributed by atoms with E-state index < -0.39 is 11.1 Å². The van der Waals surface area contributed by atoms with E-state index in [4.69, 9.17) is 4.52 Å². The molecule has 0 radical (unpaired) electrons. The third-order valence-electron chi connectivity index (χ3n) is 3.57. The minimum atomic E-state index is -4.33. The summed E-state index contributed by atoms with van der Waals surface area (Å²) >= 11 is 0.696. The van der Waals surface area contributed by atoms with E-state index in [0.717, 1.165) is 19.2 Å². The molecule has 23 heavy (non-hydrogen) atoms. The Labute approximate surface area is 134 Å². The van der Waals surface area contributed by atoms with Gasteiger partial charge in [-0.1, -0.05) is 16.5 Å². The molecule has 2 aromatic rings. The van der Waals surface area contributed by atoms with Gasteiger partial charge in [0.1, 0.15) is 4.88 Å². The number of anilines is 1. The van der Waals surface area contributed by atoms with Crippen LogP contribution in [-0.4, -0.2) is 46.2 Å². The quantitative estimate of drug-likeness (QED) is 0.851. The van der Waals surface area contributed by atoms with Crippen molar-refractivity contribution in [3.05, 3.63) is 22.8 Å². The van der Waals surface area contributed by atoms with Crippen molar-refractivity contribution in [1.29, 1.82) is 0 Å². The molecule has 0 aromatic carbocycles. The normalized spacial score (nSPS) is 17.5. The average molecular weight is 347 g/mol. The topological polar surface area (TPSA) is 58.3 Å². The van der Waals surface area contributed by atoms with E-state index in [1.807, 2.05) is 4.90 Å². The van der Waals surface area contributed by atoms with Gasteiger partial charge in [-0.05, 0) is 6.42 Å². The molecule has 2 aromatic heterocycles. The molecule has 3 rings (SSSR count). The van der Waals surface area contributed by atoms with Gasteiger partial charge in [-0.15, -0.1) is 0 Å². The zero-order valence-corrected chi connectivity index (χ0v) is 13.3. The smallest absolute Gasteiger partial charge is 0.347 e. The van der Waals surface area contributed by atoms with E-state index in [-0.39, 0.29) is 0 Å². The SMILES string of the molecule is Cc1nc(CN2CCCN(c3ncc(C(F)(F)F)s3)CC2)no1. The summed E-state index contributed by atoms with van der Waals surface area (Å²) in [5.41, 5.74) is 0. The summed E-state index contributed by atoms with van der Waals surface area (Å²) in [7, 11) is 0. The number of hydrogen-bond acceptors (Lipinski definition) is 7. The first-order valence-electron chi connectivity index (χ1n) is 7.21. The van der Waals surface area contributed by atoms with E-state index in [1.165, 1.54) is 0 Å². The molecule has 10 heteroatoms. The summed E-state index contributed by atoms with van der Waals surface area (Å²) in [6, 6.07) is 0. The first kappa shape index (κ1) is 16.2. The summed E-state index contributed by atoms with van der Waals surface area (Å²) in [6.45, 7) is 5.18. The predicted molar refractivity (Wildman–Crippen MR) is 78.3 cm³/mol. The Hall–Kier alpha value is -1.68. The molecule has 1 aliphatic rings. The number of hydrogen-bond donors (Lipinski definition) is 0. The molecule has 0 saturated carbocycles. The van der Waals surface area contributed by atoms with Crippen LogP contribution in [-0.2, 0) is 12.7 Å². The minimum Gasteiger partial charge on any atom is -0.347 e. The number of alkyl halides is 3. The highest BCUT2D eigenvalue weighted by Crippen LogP contribution is 2.36. The third kappa shape index (κ3) is 3.99. The maximum atomic E-state index is 12.7. The highest BCUT2D eigenvalue weighted by molar-refractivity contribution is 7.15. The lowest BCUT2D eigenvalue weighted by molar-refractivity contribution is -0.134. The lowest BCUT2D eigenvalue weighted by Crippen LogP contribution is -2.30. The fourth-order valence-electron chi connectivity index (χ4n) is 2.47. The second-order valence-electron chi connectivity index (χ2n) is 5.35. The second kappa shape index (κ2) is 6.44. The molecule has 1 fully saturated rings. The van der Waals surface area contributed by atoms with Gasteiger partial charge in [-0.2, -0.15) is 18.2 Å². The Morgan fingerprint density at radius 3 is 2.74 bits per heavy atom. The molecule has 0 aliphatic carbocycles. The van der Waals surface area contributed by atoms with Gasteiger partial charge in [0.05, 0.1) is 12.7 Å². The van der Waals surface area contributed by atoms with Crippen LogP contribution < -0.4 is 4.90 Å². The van der Waals surface area contributed by atoms with Crippen LogP contribution in [0.3, 0.4) is 0 Å². The first-order valence-corrected chi connectivity index (χ1v) is 8.03. The number of halogens is 3. The van der Waals surface area contributed by atoms with Crippen LogP contribution in [0.25, 0.3) is 0 Å². The summed E-state index contributed by atoms with van der Waals surface area (Å²) in [5.74, 6) is 1.16. The Morgan fingerprint density at radius 2 is 2.09 bits per heavy atom. The number of nitrogens with zero attached hydrogens (tertiary/aromatic N) is 5. The summed E-state index contributed by atoms with van der Waals surface area (Å²) < 4.78 is 43.0. The summed E-state index contributed by atoms with van der Waals surface area (Å²) in [4.78, 5) is 11.5. The van der Waals surface area contributed by atoms with Gasteiger partial charge in [0, 0.05) is 33.1 Å². The molecule has 0 unspecified atom stereocenters. The highest BCUT2D eigenvalue weighted by atomic mass is 32.1. The molecule has 3 heterocycles. The van der Waals surface area contributed by atoms with Crippen molar-refractivity contribution < 1.29 is 17.7 Å². The minimum absolute atomic E-state index is 0.426. The van der Waals surface area contributed by atoms with Crippen molar-refractivity contribution in [2.24, 2.45) is 0 Å². The molecule has 0 atom stereocenters. The van der Waals surface area contributed by atoms with Crippen LogP contribution in [0.4, 0.5) is 18.3 Å². The number of aromatic nitrogens is 3. The molecule has 0 bridgehead atoms. The van der Waals surface area contributed by atoms with E-state index in [2.05, 4.69) is 20.0 Å². The number of thiazole rings is 1. The van der Waals surface area contributed by atoms with E-state index >= 15 is 0 Å². The Kier molecular flexibility index (Phi) is 4.53. The largest absolute Gasteiger partial charge is 0.427 e. The average Bonchev–Trinajstić information content (AvgIpc) is 3.05. The van der Waals surface area contributed by atoms with Crippen molar-refractivity contribution in [1.82, 2.24) is 20.0 Å². The van der Waals surface area contributed by atoms with E-state index in [1.54, 1.807) is 6.92 Å². The van der Waals surface area contributed by atoms with Crippen molar-refractivity contribution in [3.63, 3.8) is 0 Å². The molecule has 1 aliphatic heterocycles. The molecule has 0 N–H and O–H groups in total. The summed E-state index contributed by atoms with van der Waals surface area (Å²) in [5, 5.41) is 4.30. The first-order chi connectivity index (χ1) is 10.9. The van der Waals surface area contributed by atoms with Gasteiger partial charge in [-0.3, -0.25) is 4.90 Å². The zero-order valence-electron chi connectivity index (χ0n) is 12.5. The molecule has 6 nitrogen and oxygen atoms in total. The number of aryl methyl sites for hydroxylation is 1. The van der Waals surface area contributed by atoms with Gasteiger partial charge < -0.3 is 9.42 Å². The monoisotopic (exact) mass is 347 g/mol. The van der Waals surface area contributed by atoms with E-state index in [9.17, 15) is 13.2 Å². The van der Waals surface area contributed by atoms with Crippen molar-refractivity contribution in [2.45, 2.75) is 26.1 Å². The molecular weight excluding hydrogens is 331 g/mol. The fraction of sp³-hybridized carbons (Fsp3) is 0.615. The Bertz CT molecular complexity index is 656. The number of rotatable bonds is 3. The van der Waals surface area contributed by atoms with Gasteiger partial charge >= 0.3 is 6.18 Å². The standard InChI is InChI=1S/C13H16F3N5OS/c1-9-18-11(19-22-9)8-20-3-2-4-21(6-5-20)12-17-7-10(23-12)13(14,15)16/h7H,2-6,8H2,1H3. The lowest BCUT2D eigenvalue weighted by Gasteiger charge is -2.20. The maximum absolute atomic E-state index is 12.7. The zero-order chi connectivity index (χ0) is 16.4. The lowest BCUT2D eigenvalue weighted by atomic mass is 10.4. The van der Waals surface area contributed by atoms with Crippen molar-refractivity contribution >= 4 is 16.5 Å². The van der Waals surface area contributed by atoms with Crippen molar-refractivity contribution in [2.75, 3.05) is 31.1 Å². The molecule has 126 valence electrons. The van der Waals surface area contributed by atoms with Crippen LogP contribution in [0, 0.1) is 6.92 Å². The van der Waals surface area contributed by atoms with Crippen molar-refractivity contribution in [3.8, 4) is 0 Å². The molecule has 0 spiro atoms. The van der Waals surface area contributed by atoms with Crippen LogP contribution in [0.5, 0.6) is 0 Å². The van der Waals surface area contributed by atoms with Crippen LogP contribution in [0.15, 0.2) is 10.7 Å². The second-order valence-corrected chi connectivity index (χ2v) is 6.36. The Balaban J connectivity index is 1.61. The molecule has 1 saturated heterocycles. The van der Waals surface area contributed by atoms with Crippen LogP contribution in [0.2, 0.25) is 0 Å². The predicted octanol–water partition coefficient (Wildman–Crippen LogP) is 2.57. The highest BCUT2D eigenvalue weighted by Gasteiger charge is 2.34. The Morgan fingerprint density at radius 1 is 1.26 bits per heavy atom. The summed E-state index contributed by atoms with van der Waals surface area (Å²) in [6.07, 6.45) is -2.58. The van der Waals surface area contributed by atoms with Gasteiger partial charge in [-0.25, -0.2) is 4.98 Å². The van der Waals surface area contributed by atoms with Crippen LogP contribution >= 0.6 is 11.3 Å². The van der Waals surface area contributed by atoms with Gasteiger partial charge in [0.15, 0.2) is 11.0 Å². The molecular formula is C13H16F3N5OS. The van der Waals surface area contributed by atoms with E-state index in [0.29, 0.717) is 54.4 Å². The third-order valence-corrected chi connectivity index (χ3v) is 4.67. The molecule has 0 amide bonds. The van der Waals surface area contributed by atoms with Gasteiger partial charge in [0.25, 0.3) is 0 Å². The maximum Gasteiger partial charge on any atom is 0.427 e.